The van der Waals surface area contributed by atoms with Gasteiger partial charge < -0.3 is 0 Å². The summed E-state index contributed by atoms with van der Waals surface area (Å²) < 4.78 is 0. The van der Waals surface area contributed by atoms with Gasteiger partial charge in [0.2, 0.25) is 0 Å². The second kappa shape index (κ2) is 8.84. The highest BCUT2D eigenvalue weighted by molar-refractivity contribution is 5.49. The molecule has 0 aromatic heterocycles. The lowest BCUT2D eigenvalue weighted by Crippen LogP contribution is -1.71. The summed E-state index contributed by atoms with van der Waals surface area (Å²) in [5.41, 5.74) is 4.94. The van der Waals surface area contributed by atoms with Crippen molar-refractivity contribution in [3.05, 3.63) is 83.9 Å². The topological polar surface area (TPSA) is 73.2 Å². The summed E-state index contributed by atoms with van der Waals surface area (Å²) in [5.74, 6) is 5.08. The summed E-state index contributed by atoms with van der Waals surface area (Å²) in [4.78, 5) is 0. The van der Waals surface area contributed by atoms with Crippen LogP contribution in [0, 0.1) is 30.1 Å². The molecule has 0 amide bonds. The first-order valence-electron chi connectivity index (χ1n) is 8.23. The van der Waals surface area contributed by atoms with Gasteiger partial charge in [0, 0.05) is 11.5 Å². The molecule has 128 valence electrons. The Bertz CT molecular complexity index is 1060. The minimum atomic E-state index is 0.709. The summed E-state index contributed by atoms with van der Waals surface area (Å²) in [6.07, 6.45) is 0. The smallest absolute Gasteiger partial charge is 0.152 e. The third-order valence-electron chi connectivity index (χ3n) is 3.58. The first-order chi connectivity index (χ1) is 13.2. The fourth-order valence-corrected chi connectivity index (χ4v) is 2.14. The maximum atomic E-state index is 8.44. The van der Waals surface area contributed by atoms with Crippen LogP contribution in [0.1, 0.15) is 11.1 Å². The van der Waals surface area contributed by atoms with E-state index in [9.17, 15) is 0 Å². The average Bonchev–Trinajstić information content (AvgIpc) is 2.72. The maximum absolute atomic E-state index is 8.44. The van der Waals surface area contributed by atoms with Gasteiger partial charge in [-0.2, -0.15) is 25.7 Å². The van der Waals surface area contributed by atoms with Gasteiger partial charge in [-0.05, 0) is 67.6 Å². The van der Waals surface area contributed by atoms with E-state index in [4.69, 9.17) is 5.26 Å². The van der Waals surface area contributed by atoms with E-state index in [1.807, 2.05) is 55.5 Å². The molecule has 0 saturated heterocycles. The molecule has 0 bridgehead atoms. The molecule has 0 unspecified atom stereocenters. The highest BCUT2D eigenvalue weighted by atomic mass is 15.1. The highest BCUT2D eigenvalue weighted by Gasteiger charge is 1.94. The summed E-state index contributed by atoms with van der Waals surface area (Å²) in [6.45, 7) is 2.03. The third-order valence-corrected chi connectivity index (χ3v) is 3.58. The molecule has 0 saturated carbocycles. The fraction of sp³-hybridized carbons (Fsp3) is 0.0455. The SMILES string of the molecule is Cc1ccc(N=Nc2ccc(N=Nc3ccc(C#CC#N)cc3)cc2)cc1. The van der Waals surface area contributed by atoms with E-state index >= 15 is 0 Å². The quantitative estimate of drug-likeness (QED) is 0.381. The van der Waals surface area contributed by atoms with Gasteiger partial charge in [0.15, 0.2) is 6.07 Å². The van der Waals surface area contributed by atoms with Gasteiger partial charge in [0.05, 0.1) is 22.7 Å². The van der Waals surface area contributed by atoms with Gasteiger partial charge in [-0.3, -0.25) is 0 Å². The van der Waals surface area contributed by atoms with Crippen LogP contribution in [0.15, 0.2) is 93.3 Å². The highest BCUT2D eigenvalue weighted by Crippen LogP contribution is 2.23. The van der Waals surface area contributed by atoms with Crippen molar-refractivity contribution < 1.29 is 0 Å². The average molecular weight is 349 g/mol. The number of aryl methyl sites for hydroxylation is 1. The number of rotatable bonds is 4. The number of hydrogen-bond donors (Lipinski definition) is 0. The maximum Gasteiger partial charge on any atom is 0.152 e. The van der Waals surface area contributed by atoms with Crippen LogP contribution in [0.5, 0.6) is 0 Å². The summed E-state index contributed by atoms with van der Waals surface area (Å²) in [5, 5.41) is 25.3. The van der Waals surface area contributed by atoms with Crippen molar-refractivity contribution in [2.75, 3.05) is 0 Å². The van der Waals surface area contributed by atoms with Crippen LogP contribution >= 0.6 is 0 Å². The van der Waals surface area contributed by atoms with Crippen LogP contribution < -0.4 is 0 Å². The fourth-order valence-electron chi connectivity index (χ4n) is 2.14. The zero-order valence-corrected chi connectivity index (χ0v) is 14.7. The van der Waals surface area contributed by atoms with Crippen molar-refractivity contribution in [3.63, 3.8) is 0 Å². The molecular weight excluding hydrogens is 334 g/mol. The van der Waals surface area contributed by atoms with E-state index in [0.29, 0.717) is 5.69 Å². The van der Waals surface area contributed by atoms with E-state index in [2.05, 4.69) is 32.3 Å². The van der Waals surface area contributed by atoms with E-state index in [0.717, 1.165) is 22.6 Å². The van der Waals surface area contributed by atoms with Crippen molar-refractivity contribution in [1.82, 2.24) is 0 Å². The Labute approximate surface area is 157 Å². The van der Waals surface area contributed by atoms with Gasteiger partial charge in [-0.1, -0.05) is 23.6 Å². The third kappa shape index (κ3) is 5.45. The predicted octanol–water partition coefficient (Wildman–Crippen LogP) is 6.70. The van der Waals surface area contributed by atoms with Crippen LogP contribution in [0.4, 0.5) is 22.7 Å². The Morgan fingerprint density at radius 3 is 1.37 bits per heavy atom. The van der Waals surface area contributed by atoms with Crippen LogP contribution in [-0.4, -0.2) is 0 Å². The van der Waals surface area contributed by atoms with Crippen LogP contribution in [0.2, 0.25) is 0 Å². The minimum absolute atomic E-state index is 0.709. The lowest BCUT2D eigenvalue weighted by molar-refractivity contribution is 1.21. The molecule has 3 rings (SSSR count). The molecule has 5 heteroatoms. The van der Waals surface area contributed by atoms with Crippen LogP contribution in [0.3, 0.4) is 0 Å². The molecule has 27 heavy (non-hydrogen) atoms. The minimum Gasteiger partial charge on any atom is -0.183 e. The van der Waals surface area contributed by atoms with Crippen molar-refractivity contribution in [2.24, 2.45) is 20.5 Å². The summed E-state index contributed by atoms with van der Waals surface area (Å²) in [6, 6.07) is 24.2. The largest absolute Gasteiger partial charge is 0.183 e. The molecule has 0 N–H and O–H groups in total. The van der Waals surface area contributed by atoms with Gasteiger partial charge >= 0.3 is 0 Å². The summed E-state index contributed by atoms with van der Waals surface area (Å²) >= 11 is 0. The van der Waals surface area contributed by atoms with Crippen LogP contribution in [0.25, 0.3) is 0 Å². The lowest BCUT2D eigenvalue weighted by Gasteiger charge is -1.96. The van der Waals surface area contributed by atoms with Gasteiger partial charge in [-0.25, -0.2) is 0 Å². The second-order valence-electron chi connectivity index (χ2n) is 5.66. The number of benzene rings is 3. The second-order valence-corrected chi connectivity index (χ2v) is 5.66. The van der Waals surface area contributed by atoms with E-state index < -0.39 is 0 Å². The van der Waals surface area contributed by atoms with Gasteiger partial charge in [0.1, 0.15) is 0 Å². The molecule has 0 atom stereocenters. The van der Waals surface area contributed by atoms with Gasteiger partial charge in [0.25, 0.3) is 0 Å². The van der Waals surface area contributed by atoms with E-state index in [1.165, 1.54) is 5.56 Å². The molecule has 3 aromatic carbocycles. The molecule has 0 radical (unpaired) electrons. The van der Waals surface area contributed by atoms with Crippen molar-refractivity contribution >= 4 is 22.7 Å². The Balaban J connectivity index is 1.64. The normalized spacial score (nSPS) is 10.5. The molecule has 0 heterocycles. The zero-order valence-electron chi connectivity index (χ0n) is 14.7. The lowest BCUT2D eigenvalue weighted by atomic mass is 10.2. The van der Waals surface area contributed by atoms with Crippen molar-refractivity contribution in [3.8, 4) is 17.9 Å². The summed E-state index contributed by atoms with van der Waals surface area (Å²) in [7, 11) is 0. The van der Waals surface area contributed by atoms with E-state index in [-0.39, 0.29) is 0 Å². The molecular formula is C22H15N5. The monoisotopic (exact) mass is 349 g/mol. The van der Waals surface area contributed by atoms with Crippen molar-refractivity contribution in [2.45, 2.75) is 6.92 Å². The van der Waals surface area contributed by atoms with E-state index in [1.54, 1.807) is 30.3 Å². The number of azo groups is 2. The zero-order chi connectivity index (χ0) is 18.9. The Morgan fingerprint density at radius 1 is 0.593 bits per heavy atom. The molecule has 0 aliphatic heterocycles. The molecule has 0 spiro atoms. The molecule has 0 aliphatic carbocycles. The Kier molecular flexibility index (Phi) is 5.81. The number of nitriles is 1. The Morgan fingerprint density at radius 2 is 0.963 bits per heavy atom. The molecule has 0 aliphatic rings. The molecule has 5 nitrogen and oxygen atoms in total. The standard InChI is InChI=1S/C22H15N5/c1-17-4-8-19(9-5-17)24-26-21-12-14-22(15-13-21)27-25-20-10-6-18(7-11-20)3-2-16-23/h4-15H,1H3. The first-order valence-corrected chi connectivity index (χ1v) is 8.23. The van der Waals surface area contributed by atoms with Crippen molar-refractivity contribution in [1.29, 1.82) is 5.26 Å². The number of nitrogens with zero attached hydrogens (tertiary/aromatic N) is 5. The first kappa shape index (κ1) is 17.7. The molecule has 3 aromatic rings. The van der Waals surface area contributed by atoms with Gasteiger partial charge in [-0.15, -0.1) is 0 Å². The Hall–Kier alpha value is -4.09. The predicted molar refractivity (Wildman–Crippen MR) is 105 cm³/mol. The number of hydrogen-bond acceptors (Lipinski definition) is 5. The van der Waals surface area contributed by atoms with Crippen LogP contribution in [-0.2, 0) is 0 Å². The molecule has 0 fully saturated rings.